The number of carbonyl (C=O) groups excluding carboxylic acids is 1. The lowest BCUT2D eigenvalue weighted by Crippen LogP contribution is -2.21. The van der Waals surface area contributed by atoms with Gasteiger partial charge in [-0.05, 0) is 73.9 Å². The van der Waals surface area contributed by atoms with Crippen LogP contribution < -0.4 is 14.5 Å². The lowest BCUT2D eigenvalue weighted by molar-refractivity contribution is -0.114. The Morgan fingerprint density at radius 1 is 1.06 bits per heavy atom. The normalized spacial score (nSPS) is 14.3. The van der Waals surface area contributed by atoms with Gasteiger partial charge in [0, 0.05) is 10.0 Å². The first-order valence-electron chi connectivity index (χ1n) is 11.4. The molecule has 3 aromatic carbocycles. The molecule has 0 unspecified atom stereocenters. The number of anilines is 1. The molecule has 1 aliphatic rings. The summed E-state index contributed by atoms with van der Waals surface area (Å²) in [5.74, 6) is 1.16. The number of hydrogen-bond donors (Lipinski definition) is 0. The van der Waals surface area contributed by atoms with E-state index in [1.807, 2.05) is 92.7 Å². The molecular formula is C29H27BrN2O3. The predicted octanol–water partition coefficient (Wildman–Crippen LogP) is 6.96. The van der Waals surface area contributed by atoms with E-state index in [1.165, 1.54) is 5.01 Å². The average molecular weight is 531 g/mol. The van der Waals surface area contributed by atoms with E-state index in [1.54, 1.807) is 0 Å². The van der Waals surface area contributed by atoms with Gasteiger partial charge in [0.1, 0.15) is 6.61 Å². The Balaban J connectivity index is 1.67. The number of para-hydroxylation sites is 1. The van der Waals surface area contributed by atoms with Gasteiger partial charge in [0.15, 0.2) is 11.5 Å². The second kappa shape index (κ2) is 11.2. The first-order valence-corrected chi connectivity index (χ1v) is 12.2. The molecule has 0 spiro atoms. The van der Waals surface area contributed by atoms with Crippen LogP contribution in [-0.2, 0) is 17.8 Å². The van der Waals surface area contributed by atoms with Crippen LogP contribution in [0.1, 0.15) is 30.5 Å². The largest absolute Gasteiger partial charge is 0.490 e. The molecule has 178 valence electrons. The molecule has 3 aromatic rings. The minimum absolute atomic E-state index is 0.160. The van der Waals surface area contributed by atoms with Gasteiger partial charge >= 0.3 is 0 Å². The van der Waals surface area contributed by atoms with Crippen LogP contribution in [-0.4, -0.2) is 18.2 Å². The van der Waals surface area contributed by atoms with E-state index in [4.69, 9.17) is 9.47 Å². The highest BCUT2D eigenvalue weighted by Crippen LogP contribution is 2.36. The third-order valence-corrected chi connectivity index (χ3v) is 6.02. The lowest BCUT2D eigenvalue weighted by atomic mass is 10.0. The molecule has 35 heavy (non-hydrogen) atoms. The highest BCUT2D eigenvalue weighted by atomic mass is 79.9. The number of allylic oxidation sites excluding steroid dienone is 1. The fourth-order valence-electron chi connectivity index (χ4n) is 3.83. The zero-order valence-corrected chi connectivity index (χ0v) is 21.4. The Kier molecular flexibility index (Phi) is 7.83. The third-order valence-electron chi connectivity index (χ3n) is 5.49. The van der Waals surface area contributed by atoms with E-state index in [0.717, 1.165) is 26.9 Å². The number of carbonyl (C=O) groups is 1. The Morgan fingerprint density at radius 3 is 2.49 bits per heavy atom. The Labute approximate surface area is 214 Å². The molecule has 4 rings (SSSR count). The summed E-state index contributed by atoms with van der Waals surface area (Å²) in [4.78, 5) is 13.2. The fraction of sp³-hybridized carbons (Fsp3) is 0.172. The highest BCUT2D eigenvalue weighted by molar-refractivity contribution is 9.10. The van der Waals surface area contributed by atoms with Crippen molar-refractivity contribution in [1.29, 1.82) is 0 Å². The van der Waals surface area contributed by atoms with Crippen LogP contribution in [0.15, 0.2) is 94.5 Å². The van der Waals surface area contributed by atoms with Crippen molar-refractivity contribution < 1.29 is 14.3 Å². The van der Waals surface area contributed by atoms with E-state index in [2.05, 4.69) is 27.6 Å². The van der Waals surface area contributed by atoms with Crippen molar-refractivity contribution in [3.05, 3.63) is 106 Å². The van der Waals surface area contributed by atoms with Crippen LogP contribution in [0, 0.1) is 0 Å². The zero-order valence-electron chi connectivity index (χ0n) is 19.8. The molecule has 1 heterocycles. The quantitative estimate of drug-likeness (QED) is 0.222. The van der Waals surface area contributed by atoms with Crippen LogP contribution in [0.3, 0.4) is 0 Å². The summed E-state index contributed by atoms with van der Waals surface area (Å²) in [5.41, 5.74) is 4.78. The zero-order chi connectivity index (χ0) is 24.8. The van der Waals surface area contributed by atoms with Crippen LogP contribution in [0.5, 0.6) is 11.5 Å². The standard InChI is InChI=1S/C29H27BrN2O3/c1-4-9-23-16-22(17-26-20(3)31-32(29(26)33)25-10-7-6-8-11-25)18-27(34-5-2)28(23)35-19-21-12-14-24(30)15-13-21/h4,6-8,10-18H,1,5,9,19H2,2-3H3/b26-17+. The topological polar surface area (TPSA) is 51.1 Å². The highest BCUT2D eigenvalue weighted by Gasteiger charge is 2.28. The van der Waals surface area contributed by atoms with Gasteiger partial charge in [0.25, 0.3) is 5.91 Å². The number of rotatable bonds is 9. The lowest BCUT2D eigenvalue weighted by Gasteiger charge is -2.17. The Bertz CT molecular complexity index is 1280. The molecule has 6 heteroatoms. The third kappa shape index (κ3) is 5.72. The predicted molar refractivity (Wildman–Crippen MR) is 145 cm³/mol. The van der Waals surface area contributed by atoms with Gasteiger partial charge < -0.3 is 9.47 Å². The molecule has 0 saturated carbocycles. The first kappa shape index (κ1) is 24.5. The summed E-state index contributed by atoms with van der Waals surface area (Å²) in [6, 6.07) is 21.4. The van der Waals surface area contributed by atoms with Crippen LogP contribution in [0.25, 0.3) is 6.08 Å². The Morgan fingerprint density at radius 2 is 1.80 bits per heavy atom. The van der Waals surface area contributed by atoms with Gasteiger partial charge in [-0.1, -0.05) is 52.3 Å². The summed E-state index contributed by atoms with van der Waals surface area (Å²) in [5, 5.41) is 5.91. The number of halogens is 1. The fourth-order valence-corrected chi connectivity index (χ4v) is 4.10. The van der Waals surface area contributed by atoms with Crippen molar-refractivity contribution in [2.45, 2.75) is 26.9 Å². The monoisotopic (exact) mass is 530 g/mol. The number of ether oxygens (including phenoxy) is 2. The van der Waals surface area contributed by atoms with E-state index >= 15 is 0 Å². The van der Waals surface area contributed by atoms with Crippen molar-refractivity contribution in [2.75, 3.05) is 11.6 Å². The van der Waals surface area contributed by atoms with Crippen LogP contribution >= 0.6 is 15.9 Å². The molecule has 1 amide bonds. The molecule has 1 aliphatic heterocycles. The van der Waals surface area contributed by atoms with E-state index in [-0.39, 0.29) is 5.91 Å². The average Bonchev–Trinajstić information content (AvgIpc) is 3.14. The van der Waals surface area contributed by atoms with Crippen molar-refractivity contribution >= 4 is 39.3 Å². The molecule has 0 bridgehead atoms. The molecule has 0 atom stereocenters. The van der Waals surface area contributed by atoms with Gasteiger partial charge in [-0.2, -0.15) is 10.1 Å². The number of nitrogens with zero attached hydrogens (tertiary/aromatic N) is 2. The molecule has 0 saturated heterocycles. The number of benzene rings is 3. The Hall–Kier alpha value is -3.64. The second-order valence-corrected chi connectivity index (χ2v) is 8.96. The van der Waals surface area contributed by atoms with Crippen LogP contribution in [0.4, 0.5) is 5.69 Å². The maximum absolute atomic E-state index is 13.2. The van der Waals surface area contributed by atoms with Crippen molar-refractivity contribution in [3.8, 4) is 11.5 Å². The summed E-state index contributed by atoms with van der Waals surface area (Å²) < 4.78 is 13.2. The van der Waals surface area contributed by atoms with E-state index in [9.17, 15) is 4.79 Å². The molecular weight excluding hydrogens is 504 g/mol. The van der Waals surface area contributed by atoms with Gasteiger partial charge in [-0.25, -0.2) is 0 Å². The molecule has 5 nitrogen and oxygen atoms in total. The molecule has 0 radical (unpaired) electrons. The molecule has 0 fully saturated rings. The molecule has 0 aliphatic carbocycles. The molecule has 0 aromatic heterocycles. The maximum Gasteiger partial charge on any atom is 0.280 e. The second-order valence-electron chi connectivity index (χ2n) is 8.04. The van der Waals surface area contributed by atoms with Crippen LogP contribution in [0.2, 0.25) is 0 Å². The van der Waals surface area contributed by atoms with E-state index < -0.39 is 0 Å². The SMILES string of the molecule is C=CCc1cc(/C=C2/C(=O)N(c3ccccc3)N=C2C)cc(OCC)c1OCc1ccc(Br)cc1. The van der Waals surface area contributed by atoms with Gasteiger partial charge in [0.05, 0.1) is 23.6 Å². The van der Waals surface area contributed by atoms with Gasteiger partial charge in [-0.3, -0.25) is 4.79 Å². The maximum atomic E-state index is 13.2. The smallest absolute Gasteiger partial charge is 0.280 e. The first-order chi connectivity index (χ1) is 17.0. The van der Waals surface area contributed by atoms with Crippen molar-refractivity contribution in [1.82, 2.24) is 0 Å². The van der Waals surface area contributed by atoms with Crippen molar-refractivity contribution in [3.63, 3.8) is 0 Å². The van der Waals surface area contributed by atoms with Gasteiger partial charge in [0.2, 0.25) is 0 Å². The molecule has 0 N–H and O–H groups in total. The summed E-state index contributed by atoms with van der Waals surface area (Å²) in [6.07, 6.45) is 4.29. The summed E-state index contributed by atoms with van der Waals surface area (Å²) in [6.45, 7) is 8.58. The minimum atomic E-state index is -0.160. The van der Waals surface area contributed by atoms with Crippen molar-refractivity contribution in [2.24, 2.45) is 5.10 Å². The van der Waals surface area contributed by atoms with E-state index in [0.29, 0.717) is 42.4 Å². The summed E-state index contributed by atoms with van der Waals surface area (Å²) in [7, 11) is 0. The number of amides is 1. The minimum Gasteiger partial charge on any atom is -0.490 e. The van der Waals surface area contributed by atoms with Gasteiger partial charge in [-0.15, -0.1) is 6.58 Å². The number of hydrogen-bond acceptors (Lipinski definition) is 4. The number of hydrazone groups is 1. The summed E-state index contributed by atoms with van der Waals surface area (Å²) >= 11 is 3.46.